The van der Waals surface area contributed by atoms with Crippen molar-refractivity contribution in [3.8, 4) is 11.1 Å². The lowest BCUT2D eigenvalue weighted by molar-refractivity contribution is -0.139. The fourth-order valence-corrected chi connectivity index (χ4v) is 4.62. The Bertz CT molecular complexity index is 1310. The number of benzene rings is 3. The number of fused-ring (bicyclic) bond motifs is 4. The Kier molecular flexibility index (Phi) is 5.34. The maximum Gasteiger partial charge on any atom is 0.407 e. The average Bonchev–Trinajstić information content (AvgIpc) is 3.35. The van der Waals surface area contributed by atoms with Crippen LogP contribution in [0.15, 0.2) is 72.8 Å². The van der Waals surface area contributed by atoms with Gasteiger partial charge < -0.3 is 20.1 Å². The molecule has 0 fully saturated rings. The highest BCUT2D eigenvalue weighted by Gasteiger charge is 2.30. The Labute approximate surface area is 191 Å². The van der Waals surface area contributed by atoms with Crippen molar-refractivity contribution in [2.75, 3.05) is 6.61 Å². The number of amides is 1. The van der Waals surface area contributed by atoms with Crippen LogP contribution < -0.4 is 5.32 Å². The van der Waals surface area contributed by atoms with Gasteiger partial charge in [-0.2, -0.15) is 0 Å². The summed E-state index contributed by atoms with van der Waals surface area (Å²) >= 11 is 0. The highest BCUT2D eigenvalue weighted by Crippen LogP contribution is 2.44. The molecule has 1 unspecified atom stereocenters. The van der Waals surface area contributed by atoms with Crippen LogP contribution in [0.5, 0.6) is 0 Å². The average molecular weight is 440 g/mol. The lowest BCUT2D eigenvalue weighted by Crippen LogP contribution is -2.43. The van der Waals surface area contributed by atoms with Crippen LogP contribution >= 0.6 is 0 Å². The van der Waals surface area contributed by atoms with Gasteiger partial charge in [0.25, 0.3) is 0 Å². The number of H-pyrrole nitrogens is 1. The SMILES string of the molecule is Cc1ccc2[nH]c(CC(NC(=O)OCC3c4ccccc4-c4ccccc43)C(=O)O)cc2c1. The number of aryl methyl sites for hydroxylation is 1. The number of aromatic amines is 1. The minimum absolute atomic E-state index is 0.0802. The monoisotopic (exact) mass is 440 g/mol. The minimum Gasteiger partial charge on any atom is -0.480 e. The second-order valence-electron chi connectivity index (χ2n) is 8.45. The number of carbonyl (C=O) groups excluding carboxylic acids is 1. The molecule has 0 spiro atoms. The zero-order valence-corrected chi connectivity index (χ0v) is 18.2. The van der Waals surface area contributed by atoms with E-state index in [0.717, 1.165) is 44.4 Å². The first kappa shape index (κ1) is 20.8. The van der Waals surface area contributed by atoms with E-state index >= 15 is 0 Å². The molecule has 1 amide bonds. The lowest BCUT2D eigenvalue weighted by Gasteiger charge is -2.17. The van der Waals surface area contributed by atoms with E-state index in [1.807, 2.05) is 67.6 Å². The molecule has 1 aromatic heterocycles. The molecule has 6 heteroatoms. The fourth-order valence-electron chi connectivity index (χ4n) is 4.62. The number of aromatic nitrogens is 1. The summed E-state index contributed by atoms with van der Waals surface area (Å²) in [6, 6.07) is 22.9. The van der Waals surface area contributed by atoms with E-state index in [9.17, 15) is 14.7 Å². The zero-order valence-electron chi connectivity index (χ0n) is 18.2. The molecular formula is C27H24N2O4. The summed E-state index contributed by atoms with van der Waals surface area (Å²) in [7, 11) is 0. The van der Waals surface area contributed by atoms with Gasteiger partial charge in [0.1, 0.15) is 12.6 Å². The van der Waals surface area contributed by atoms with Crippen molar-refractivity contribution in [1.82, 2.24) is 10.3 Å². The summed E-state index contributed by atoms with van der Waals surface area (Å²) in [4.78, 5) is 27.6. The van der Waals surface area contributed by atoms with E-state index in [1.165, 1.54) is 0 Å². The third-order valence-corrected chi connectivity index (χ3v) is 6.19. The molecule has 0 aliphatic heterocycles. The molecule has 5 rings (SSSR count). The fraction of sp³-hybridized carbons (Fsp3) is 0.185. The van der Waals surface area contributed by atoms with Crippen molar-refractivity contribution in [2.45, 2.75) is 25.3 Å². The van der Waals surface area contributed by atoms with Crippen LogP contribution in [-0.4, -0.2) is 34.8 Å². The van der Waals surface area contributed by atoms with Crippen molar-refractivity contribution in [1.29, 1.82) is 0 Å². The summed E-state index contributed by atoms with van der Waals surface area (Å²) in [5, 5.41) is 13.2. The molecule has 0 bridgehead atoms. The number of hydrogen-bond donors (Lipinski definition) is 3. The number of alkyl carbamates (subject to hydrolysis) is 1. The van der Waals surface area contributed by atoms with Gasteiger partial charge in [-0.25, -0.2) is 9.59 Å². The van der Waals surface area contributed by atoms with Crippen LogP contribution in [0, 0.1) is 6.92 Å². The Morgan fingerprint density at radius 2 is 1.67 bits per heavy atom. The van der Waals surface area contributed by atoms with Crippen LogP contribution in [0.3, 0.4) is 0 Å². The minimum atomic E-state index is -1.11. The van der Waals surface area contributed by atoms with Gasteiger partial charge in [-0.3, -0.25) is 0 Å². The molecule has 3 aromatic carbocycles. The van der Waals surface area contributed by atoms with Crippen LogP contribution in [-0.2, 0) is 16.0 Å². The summed E-state index contributed by atoms with van der Waals surface area (Å²) in [5.41, 5.74) is 7.28. The molecule has 0 radical (unpaired) electrons. The van der Waals surface area contributed by atoms with Gasteiger partial charge in [-0.15, -0.1) is 0 Å². The Hall–Kier alpha value is -4.06. The van der Waals surface area contributed by atoms with E-state index in [1.54, 1.807) is 0 Å². The Morgan fingerprint density at radius 1 is 1.00 bits per heavy atom. The predicted molar refractivity (Wildman–Crippen MR) is 126 cm³/mol. The van der Waals surface area contributed by atoms with E-state index in [4.69, 9.17) is 4.74 Å². The largest absolute Gasteiger partial charge is 0.480 e. The second kappa shape index (κ2) is 8.47. The first-order chi connectivity index (χ1) is 16.0. The van der Waals surface area contributed by atoms with Gasteiger partial charge in [0, 0.05) is 23.5 Å². The second-order valence-corrected chi connectivity index (χ2v) is 8.45. The van der Waals surface area contributed by atoms with E-state index in [-0.39, 0.29) is 18.9 Å². The number of aliphatic carboxylic acids is 1. The summed E-state index contributed by atoms with van der Waals surface area (Å²) < 4.78 is 5.51. The van der Waals surface area contributed by atoms with Crippen molar-refractivity contribution >= 4 is 23.0 Å². The molecule has 0 saturated carbocycles. The molecule has 33 heavy (non-hydrogen) atoms. The van der Waals surface area contributed by atoms with E-state index in [2.05, 4.69) is 22.4 Å². The first-order valence-corrected chi connectivity index (χ1v) is 10.9. The smallest absolute Gasteiger partial charge is 0.407 e. The molecule has 4 aromatic rings. The van der Waals surface area contributed by atoms with Crippen molar-refractivity contribution in [3.63, 3.8) is 0 Å². The van der Waals surface area contributed by atoms with Crippen molar-refractivity contribution in [2.24, 2.45) is 0 Å². The van der Waals surface area contributed by atoms with Gasteiger partial charge in [-0.1, -0.05) is 60.2 Å². The number of carboxylic acids is 1. The summed E-state index contributed by atoms with van der Waals surface area (Å²) in [6.07, 6.45) is -0.607. The quantitative estimate of drug-likeness (QED) is 0.393. The number of hydrogen-bond acceptors (Lipinski definition) is 3. The standard InChI is InChI=1S/C27H24N2O4/c1-16-10-11-24-17(12-16)13-18(28-24)14-25(26(30)31)29-27(32)33-15-23-21-8-4-2-6-19(21)20-7-3-5-9-22(20)23/h2-13,23,25,28H,14-15H2,1H3,(H,29,32)(H,30,31). The number of rotatable bonds is 6. The number of carboxylic acid groups (broad SMARTS) is 1. The first-order valence-electron chi connectivity index (χ1n) is 10.9. The normalized spacial score (nSPS) is 13.4. The van der Waals surface area contributed by atoms with E-state index in [0.29, 0.717) is 0 Å². The molecule has 1 atom stereocenters. The number of ether oxygens (including phenoxy) is 1. The van der Waals surface area contributed by atoms with Gasteiger partial charge in [0.05, 0.1) is 0 Å². The van der Waals surface area contributed by atoms with Gasteiger partial charge in [-0.05, 0) is 52.8 Å². The predicted octanol–water partition coefficient (Wildman–Crippen LogP) is 5.01. The maximum atomic E-state index is 12.5. The van der Waals surface area contributed by atoms with E-state index < -0.39 is 18.1 Å². The molecule has 1 aliphatic carbocycles. The molecule has 3 N–H and O–H groups in total. The topological polar surface area (TPSA) is 91.4 Å². The summed E-state index contributed by atoms with van der Waals surface area (Å²) in [6.45, 7) is 2.14. The molecule has 6 nitrogen and oxygen atoms in total. The van der Waals surface area contributed by atoms with Crippen LogP contribution in [0.2, 0.25) is 0 Å². The number of carbonyl (C=O) groups is 2. The lowest BCUT2D eigenvalue weighted by atomic mass is 9.98. The maximum absolute atomic E-state index is 12.5. The molecule has 1 aliphatic rings. The van der Waals surface area contributed by atoms with Gasteiger partial charge >= 0.3 is 12.1 Å². The number of nitrogens with one attached hydrogen (secondary N) is 2. The Morgan fingerprint density at radius 3 is 2.33 bits per heavy atom. The third kappa shape index (κ3) is 4.07. The van der Waals surface area contributed by atoms with Gasteiger partial charge in [0.15, 0.2) is 0 Å². The third-order valence-electron chi connectivity index (χ3n) is 6.19. The van der Waals surface area contributed by atoms with Crippen molar-refractivity contribution < 1.29 is 19.4 Å². The van der Waals surface area contributed by atoms with Gasteiger partial charge in [0.2, 0.25) is 0 Å². The van der Waals surface area contributed by atoms with Crippen LogP contribution in [0.4, 0.5) is 4.79 Å². The summed E-state index contributed by atoms with van der Waals surface area (Å²) in [5.74, 6) is -1.19. The molecule has 1 heterocycles. The highest BCUT2D eigenvalue weighted by molar-refractivity contribution is 5.83. The molecule has 166 valence electrons. The van der Waals surface area contributed by atoms with Crippen molar-refractivity contribution in [3.05, 3.63) is 95.2 Å². The highest BCUT2D eigenvalue weighted by atomic mass is 16.5. The Balaban J connectivity index is 1.27. The molecular weight excluding hydrogens is 416 g/mol. The van der Waals surface area contributed by atoms with Crippen LogP contribution in [0.25, 0.3) is 22.0 Å². The van der Waals surface area contributed by atoms with Crippen LogP contribution in [0.1, 0.15) is 28.3 Å². The molecule has 0 saturated heterocycles. The zero-order chi connectivity index (χ0) is 22.9.